The van der Waals surface area contributed by atoms with Crippen LogP contribution in [0.4, 0.5) is 0 Å². The third kappa shape index (κ3) is 4.92. The second-order valence-electron chi connectivity index (χ2n) is 14.9. The molecule has 0 N–H and O–H groups in total. The zero-order chi connectivity index (χ0) is 32.9. The Labute approximate surface area is 274 Å². The third-order valence-electron chi connectivity index (χ3n) is 12.4. The first kappa shape index (κ1) is 33.4. The Morgan fingerprint density at radius 3 is 2.54 bits per heavy atom. The van der Waals surface area contributed by atoms with Crippen LogP contribution < -0.4 is 4.74 Å². The number of fused-ring (bicyclic) bond motifs is 2. The molecule has 8 nitrogen and oxygen atoms in total. The molecule has 0 unspecified atom stereocenters. The molecular formula is C38H53NO7. The summed E-state index contributed by atoms with van der Waals surface area (Å²) in [5.74, 6) is 1.31. The molecule has 10 atom stereocenters. The maximum atomic E-state index is 15.1. The minimum Gasteiger partial charge on any atom is -0.497 e. The van der Waals surface area contributed by atoms with E-state index in [0.29, 0.717) is 31.4 Å². The Kier molecular flexibility index (Phi) is 9.31. The van der Waals surface area contributed by atoms with Gasteiger partial charge in [-0.3, -0.25) is 9.69 Å². The van der Waals surface area contributed by atoms with Gasteiger partial charge in [0.05, 0.1) is 43.0 Å². The summed E-state index contributed by atoms with van der Waals surface area (Å²) in [7, 11) is 3.36. The third-order valence-corrected chi connectivity index (χ3v) is 12.4. The van der Waals surface area contributed by atoms with Crippen molar-refractivity contribution in [1.82, 2.24) is 4.90 Å². The van der Waals surface area contributed by atoms with E-state index >= 15 is 4.79 Å². The zero-order valence-electron chi connectivity index (χ0n) is 28.5. The number of rotatable bonds is 12. The molecule has 0 amide bonds. The Bertz CT molecular complexity index is 1330. The van der Waals surface area contributed by atoms with E-state index in [9.17, 15) is 4.79 Å². The molecule has 1 saturated heterocycles. The molecule has 1 heterocycles. The molecule has 8 heteroatoms. The molecular weight excluding hydrogens is 582 g/mol. The van der Waals surface area contributed by atoms with Gasteiger partial charge >= 0.3 is 5.97 Å². The molecule has 6 rings (SSSR count). The van der Waals surface area contributed by atoms with E-state index in [1.54, 1.807) is 14.2 Å². The summed E-state index contributed by atoms with van der Waals surface area (Å²) in [5, 5.41) is 0. The molecule has 3 saturated carbocycles. The van der Waals surface area contributed by atoms with Crippen molar-refractivity contribution in [1.29, 1.82) is 0 Å². The van der Waals surface area contributed by atoms with Crippen LogP contribution in [0.5, 0.6) is 5.75 Å². The second kappa shape index (κ2) is 12.8. The van der Waals surface area contributed by atoms with Crippen LogP contribution in [0.15, 0.2) is 48.6 Å². The average molecular weight is 636 g/mol. The lowest BCUT2D eigenvalue weighted by Crippen LogP contribution is -2.67. The van der Waals surface area contributed by atoms with Crippen LogP contribution >= 0.6 is 0 Å². The first-order valence-corrected chi connectivity index (χ1v) is 17.2. The van der Waals surface area contributed by atoms with E-state index in [2.05, 4.69) is 45.2 Å². The summed E-state index contributed by atoms with van der Waals surface area (Å²) in [6.45, 7) is 15.2. The zero-order valence-corrected chi connectivity index (χ0v) is 28.5. The Morgan fingerprint density at radius 2 is 1.89 bits per heavy atom. The van der Waals surface area contributed by atoms with Gasteiger partial charge in [-0.2, -0.15) is 0 Å². The highest BCUT2D eigenvalue weighted by Crippen LogP contribution is 2.80. The molecule has 0 radical (unpaired) electrons. The smallest absolute Gasteiger partial charge is 0.320 e. The fraction of sp³-hybridized carbons (Fsp3) is 0.684. The Balaban J connectivity index is 1.39. The molecule has 1 aromatic rings. The summed E-state index contributed by atoms with van der Waals surface area (Å²) in [6, 6.07) is 7.57. The first-order valence-electron chi connectivity index (χ1n) is 17.2. The molecule has 46 heavy (non-hydrogen) atoms. The van der Waals surface area contributed by atoms with E-state index in [0.717, 1.165) is 55.5 Å². The van der Waals surface area contributed by atoms with Gasteiger partial charge < -0.3 is 28.5 Å². The number of benzene rings is 1. The molecule has 252 valence electrons. The van der Waals surface area contributed by atoms with Crippen molar-refractivity contribution in [2.45, 2.75) is 83.9 Å². The highest BCUT2D eigenvalue weighted by Gasteiger charge is 2.85. The van der Waals surface area contributed by atoms with Crippen molar-refractivity contribution in [3.8, 4) is 5.75 Å². The van der Waals surface area contributed by atoms with E-state index < -0.39 is 16.4 Å². The standard InChI is InChI=1S/C38H53NO7/c1-8-15-39-19-30(46-26(5)34(20-39)43-7)22-45-37-18-31-25(4)9-14-32(31)36(23-40)17-28(37)16-33(24(2)3)38(36,37)35(41)44-21-27-10-12-29(42-6)13-11-27/h8,10-13,16,23-26,28,30-32,34H,1,9,14-15,17-22H2,2-7H3/t25-,26-,28+,30-,31-,32-,34+,36+,37+,38+/m1/s1. The molecule has 1 aliphatic heterocycles. The van der Waals surface area contributed by atoms with E-state index in [1.807, 2.05) is 30.3 Å². The van der Waals surface area contributed by atoms with Gasteiger partial charge in [-0.05, 0) is 67.6 Å². The van der Waals surface area contributed by atoms with Crippen LogP contribution in [-0.2, 0) is 35.1 Å². The van der Waals surface area contributed by atoms with Crippen molar-refractivity contribution in [2.24, 2.45) is 40.4 Å². The van der Waals surface area contributed by atoms with Gasteiger partial charge in [-0.25, -0.2) is 0 Å². The maximum absolute atomic E-state index is 15.1. The summed E-state index contributed by atoms with van der Waals surface area (Å²) < 4.78 is 31.3. The number of carbonyl (C=O) groups excluding carboxylic acids is 2. The van der Waals surface area contributed by atoms with Gasteiger partial charge in [-0.1, -0.05) is 57.0 Å². The normalized spacial score (nSPS) is 39.9. The fourth-order valence-electron chi connectivity index (χ4n) is 10.5. The quantitative estimate of drug-likeness (QED) is 0.166. The Morgan fingerprint density at radius 1 is 1.13 bits per heavy atom. The minimum absolute atomic E-state index is 0.0520. The largest absolute Gasteiger partial charge is 0.497 e. The summed E-state index contributed by atoms with van der Waals surface area (Å²) in [4.78, 5) is 31.1. The summed E-state index contributed by atoms with van der Waals surface area (Å²) in [5.41, 5.74) is -1.06. The van der Waals surface area contributed by atoms with Crippen molar-refractivity contribution in [3.05, 3.63) is 54.1 Å². The van der Waals surface area contributed by atoms with Crippen molar-refractivity contribution < 1.29 is 33.3 Å². The number of nitrogens with zero attached hydrogens (tertiary/aromatic N) is 1. The second-order valence-corrected chi connectivity index (χ2v) is 14.9. The highest BCUT2D eigenvalue weighted by atomic mass is 16.6. The van der Waals surface area contributed by atoms with Gasteiger partial charge in [0.25, 0.3) is 0 Å². The van der Waals surface area contributed by atoms with Crippen LogP contribution in [0.1, 0.15) is 58.9 Å². The molecule has 4 aliphatic carbocycles. The summed E-state index contributed by atoms with van der Waals surface area (Å²) >= 11 is 0. The lowest BCUT2D eigenvalue weighted by atomic mass is 9.45. The van der Waals surface area contributed by atoms with Crippen molar-refractivity contribution >= 4 is 12.3 Å². The number of hydrogen-bond donors (Lipinski definition) is 0. The number of hydrogen-bond acceptors (Lipinski definition) is 8. The van der Waals surface area contributed by atoms with Gasteiger partial charge in [0.2, 0.25) is 0 Å². The van der Waals surface area contributed by atoms with E-state index in [4.69, 9.17) is 23.7 Å². The molecule has 0 spiro atoms. The van der Waals surface area contributed by atoms with Crippen LogP contribution in [0.2, 0.25) is 0 Å². The molecule has 0 aromatic heterocycles. The van der Waals surface area contributed by atoms with Gasteiger partial charge in [0, 0.05) is 32.7 Å². The lowest BCUT2D eigenvalue weighted by molar-refractivity contribution is -0.222. The van der Waals surface area contributed by atoms with Crippen LogP contribution in [-0.4, -0.2) is 81.5 Å². The summed E-state index contributed by atoms with van der Waals surface area (Å²) in [6.07, 6.45) is 8.28. The number of esters is 1. The number of aldehydes is 1. The van der Waals surface area contributed by atoms with E-state index in [1.165, 1.54) is 0 Å². The molecule has 4 bridgehead atoms. The number of methoxy groups -OCH3 is 2. The Hall–Kier alpha value is -2.52. The lowest BCUT2D eigenvalue weighted by Gasteiger charge is -2.58. The highest BCUT2D eigenvalue weighted by molar-refractivity contribution is 5.92. The SMILES string of the molecule is C=CCN1C[C@H](CO[C@@]23C[C@@H]4[C@H](C)CC[C@H]4[C@@]4(C=O)C[C@@H]2C=C(C(C)C)[C@@]34C(=O)OCc2ccc(OC)cc2)O[C@H](C)[C@@H](OC)C1. The maximum Gasteiger partial charge on any atom is 0.320 e. The first-order chi connectivity index (χ1) is 22.1. The van der Waals surface area contributed by atoms with Gasteiger partial charge in [0.15, 0.2) is 0 Å². The average Bonchev–Trinajstić information content (AvgIpc) is 3.57. The van der Waals surface area contributed by atoms with Crippen molar-refractivity contribution in [3.63, 3.8) is 0 Å². The predicted octanol–water partition coefficient (Wildman–Crippen LogP) is 5.64. The minimum atomic E-state index is -1.19. The fourth-order valence-corrected chi connectivity index (χ4v) is 10.5. The van der Waals surface area contributed by atoms with E-state index in [-0.39, 0.29) is 48.6 Å². The van der Waals surface area contributed by atoms with Crippen LogP contribution in [0.25, 0.3) is 0 Å². The van der Waals surface area contributed by atoms with Crippen LogP contribution in [0, 0.1) is 40.4 Å². The molecule has 1 aromatic carbocycles. The van der Waals surface area contributed by atoms with Gasteiger partial charge in [-0.15, -0.1) is 6.58 Å². The number of carbonyl (C=O) groups is 2. The molecule has 5 aliphatic rings. The topological polar surface area (TPSA) is 83.5 Å². The number of ether oxygens (including phenoxy) is 5. The predicted molar refractivity (Wildman–Crippen MR) is 175 cm³/mol. The van der Waals surface area contributed by atoms with Gasteiger partial charge in [0.1, 0.15) is 24.1 Å². The molecule has 4 fully saturated rings. The van der Waals surface area contributed by atoms with Crippen molar-refractivity contribution in [2.75, 3.05) is 40.5 Å². The van der Waals surface area contributed by atoms with Crippen LogP contribution in [0.3, 0.4) is 0 Å². The monoisotopic (exact) mass is 635 g/mol.